The van der Waals surface area contributed by atoms with Gasteiger partial charge in [-0.3, -0.25) is 0 Å². The molecule has 0 spiro atoms. The second-order valence-corrected chi connectivity index (χ2v) is 4.62. The molecule has 2 nitrogen and oxygen atoms in total. The zero-order chi connectivity index (χ0) is 11.5. The lowest BCUT2D eigenvalue weighted by Gasteiger charge is -2.24. The number of hydrogen-bond donors (Lipinski definition) is 2. The van der Waals surface area contributed by atoms with E-state index in [4.69, 9.17) is 5.73 Å². The summed E-state index contributed by atoms with van der Waals surface area (Å²) in [5.41, 5.74) is 6.99. The van der Waals surface area contributed by atoms with E-state index in [9.17, 15) is 5.11 Å². The van der Waals surface area contributed by atoms with Gasteiger partial charge in [-0.1, -0.05) is 31.2 Å². The fraction of sp³-hybridized carbons (Fsp3) is 0.538. The van der Waals surface area contributed by atoms with Crippen molar-refractivity contribution in [2.75, 3.05) is 6.54 Å². The first kappa shape index (κ1) is 12.2. The third-order valence-corrected chi connectivity index (χ3v) is 2.75. The van der Waals surface area contributed by atoms with Crippen molar-refractivity contribution in [1.29, 1.82) is 0 Å². The minimum Gasteiger partial charge on any atom is -0.386 e. The summed E-state index contributed by atoms with van der Waals surface area (Å²) in [5.74, 6) is 0.401. The van der Waals surface area contributed by atoms with Gasteiger partial charge in [-0.15, -0.1) is 0 Å². The van der Waals surface area contributed by atoms with Gasteiger partial charge >= 0.3 is 0 Å². The van der Waals surface area contributed by atoms with Gasteiger partial charge in [0, 0.05) is 0 Å². The largest absolute Gasteiger partial charge is 0.386 e. The van der Waals surface area contributed by atoms with Gasteiger partial charge in [0.15, 0.2) is 0 Å². The smallest absolute Gasteiger partial charge is 0.0843 e. The van der Waals surface area contributed by atoms with Crippen molar-refractivity contribution < 1.29 is 5.11 Å². The lowest BCUT2D eigenvalue weighted by Crippen LogP contribution is -2.19. The lowest BCUT2D eigenvalue weighted by molar-refractivity contribution is 0.0772. The van der Waals surface area contributed by atoms with Gasteiger partial charge in [0.2, 0.25) is 0 Å². The van der Waals surface area contributed by atoms with E-state index in [1.165, 1.54) is 5.56 Å². The van der Waals surface area contributed by atoms with E-state index in [1.54, 1.807) is 0 Å². The van der Waals surface area contributed by atoms with E-state index in [2.05, 4.69) is 13.0 Å². The highest BCUT2D eigenvalue weighted by molar-refractivity contribution is 5.33. The zero-order valence-corrected chi connectivity index (χ0v) is 9.83. The molecule has 84 valence electrons. The van der Waals surface area contributed by atoms with Crippen molar-refractivity contribution >= 4 is 0 Å². The topological polar surface area (TPSA) is 46.2 Å². The number of benzene rings is 1. The second-order valence-electron chi connectivity index (χ2n) is 4.62. The average Bonchev–Trinajstić information content (AvgIpc) is 2.17. The van der Waals surface area contributed by atoms with Crippen molar-refractivity contribution in [2.45, 2.75) is 38.7 Å². The monoisotopic (exact) mass is 207 g/mol. The Bertz CT molecular complexity index is 315. The molecule has 2 heteroatoms. The maximum atomic E-state index is 10.1. The standard InChI is InChI=1S/C13H21NO/c1-10(8-9-14)11-6-4-5-7-12(11)13(2,3)15/h4-7,10,15H,8-9,14H2,1-3H3. The van der Waals surface area contributed by atoms with Crippen LogP contribution >= 0.6 is 0 Å². The third-order valence-electron chi connectivity index (χ3n) is 2.75. The Morgan fingerprint density at radius 3 is 2.47 bits per heavy atom. The van der Waals surface area contributed by atoms with Crippen molar-refractivity contribution in [1.82, 2.24) is 0 Å². The molecule has 0 aromatic heterocycles. The van der Waals surface area contributed by atoms with Crippen LogP contribution in [-0.2, 0) is 5.60 Å². The van der Waals surface area contributed by atoms with Crippen LogP contribution in [0.2, 0.25) is 0 Å². The van der Waals surface area contributed by atoms with E-state index in [0.717, 1.165) is 12.0 Å². The Kier molecular flexibility index (Phi) is 3.89. The number of rotatable bonds is 4. The van der Waals surface area contributed by atoms with Gasteiger partial charge in [-0.05, 0) is 43.9 Å². The van der Waals surface area contributed by atoms with Crippen molar-refractivity contribution in [3.63, 3.8) is 0 Å². The fourth-order valence-electron chi connectivity index (χ4n) is 1.89. The predicted octanol–water partition coefficient (Wildman–Crippen LogP) is 2.37. The summed E-state index contributed by atoms with van der Waals surface area (Å²) >= 11 is 0. The molecule has 1 rings (SSSR count). The summed E-state index contributed by atoms with van der Waals surface area (Å²) in [4.78, 5) is 0. The quantitative estimate of drug-likeness (QED) is 0.796. The first-order chi connectivity index (χ1) is 6.96. The van der Waals surface area contributed by atoms with Crippen LogP contribution in [0.1, 0.15) is 44.2 Å². The molecule has 15 heavy (non-hydrogen) atoms. The van der Waals surface area contributed by atoms with E-state index in [1.807, 2.05) is 32.0 Å². The van der Waals surface area contributed by atoms with Gasteiger partial charge in [0.25, 0.3) is 0 Å². The number of nitrogens with two attached hydrogens (primary N) is 1. The number of aliphatic hydroxyl groups is 1. The molecule has 0 bridgehead atoms. The highest BCUT2D eigenvalue weighted by Gasteiger charge is 2.21. The molecule has 0 aliphatic rings. The van der Waals surface area contributed by atoms with Crippen LogP contribution in [0.4, 0.5) is 0 Å². The molecule has 0 fully saturated rings. The normalized spacial score (nSPS) is 13.9. The summed E-state index contributed by atoms with van der Waals surface area (Å²) in [5, 5.41) is 10.1. The van der Waals surface area contributed by atoms with E-state index in [0.29, 0.717) is 12.5 Å². The molecular formula is C13H21NO. The maximum Gasteiger partial charge on any atom is 0.0843 e. The number of hydrogen-bond acceptors (Lipinski definition) is 2. The van der Waals surface area contributed by atoms with Gasteiger partial charge in [-0.2, -0.15) is 0 Å². The Morgan fingerprint density at radius 1 is 1.33 bits per heavy atom. The molecule has 1 aromatic rings. The molecule has 1 aromatic carbocycles. The summed E-state index contributed by atoms with van der Waals surface area (Å²) in [7, 11) is 0. The Hall–Kier alpha value is -0.860. The van der Waals surface area contributed by atoms with Gasteiger partial charge in [0.1, 0.15) is 0 Å². The average molecular weight is 207 g/mol. The van der Waals surface area contributed by atoms with Crippen LogP contribution < -0.4 is 5.73 Å². The minimum atomic E-state index is -0.778. The van der Waals surface area contributed by atoms with Crippen LogP contribution in [0.3, 0.4) is 0 Å². The van der Waals surface area contributed by atoms with Gasteiger partial charge in [0.05, 0.1) is 5.60 Å². The molecule has 0 saturated heterocycles. The Labute approximate surface area is 92.1 Å². The second kappa shape index (κ2) is 4.77. The molecule has 1 atom stereocenters. The summed E-state index contributed by atoms with van der Waals surface area (Å²) in [6.07, 6.45) is 0.951. The van der Waals surface area contributed by atoms with E-state index in [-0.39, 0.29) is 0 Å². The summed E-state index contributed by atoms with van der Waals surface area (Å²) < 4.78 is 0. The molecule has 0 aliphatic carbocycles. The minimum absolute atomic E-state index is 0.401. The zero-order valence-electron chi connectivity index (χ0n) is 9.83. The van der Waals surface area contributed by atoms with Crippen LogP contribution in [0, 0.1) is 0 Å². The summed E-state index contributed by atoms with van der Waals surface area (Å²) in [6.45, 7) is 6.47. The molecule has 0 heterocycles. The van der Waals surface area contributed by atoms with Crippen molar-refractivity contribution in [3.8, 4) is 0 Å². The molecular weight excluding hydrogens is 186 g/mol. The Balaban J connectivity index is 3.06. The Morgan fingerprint density at radius 2 is 1.93 bits per heavy atom. The van der Waals surface area contributed by atoms with Gasteiger partial charge in [-0.25, -0.2) is 0 Å². The summed E-state index contributed by atoms with van der Waals surface area (Å²) in [6, 6.07) is 8.04. The van der Waals surface area contributed by atoms with Crippen LogP contribution in [0.5, 0.6) is 0 Å². The molecule has 0 aliphatic heterocycles. The molecule has 0 saturated carbocycles. The highest BCUT2D eigenvalue weighted by atomic mass is 16.3. The molecule has 0 radical (unpaired) electrons. The first-order valence-electron chi connectivity index (χ1n) is 5.48. The van der Waals surface area contributed by atoms with Crippen LogP contribution in [0.15, 0.2) is 24.3 Å². The first-order valence-corrected chi connectivity index (χ1v) is 5.48. The third kappa shape index (κ3) is 3.05. The van der Waals surface area contributed by atoms with Gasteiger partial charge < -0.3 is 10.8 Å². The van der Waals surface area contributed by atoms with Crippen LogP contribution in [0.25, 0.3) is 0 Å². The lowest BCUT2D eigenvalue weighted by atomic mass is 9.86. The SMILES string of the molecule is CC(CCN)c1ccccc1C(C)(C)O. The van der Waals surface area contributed by atoms with Crippen molar-refractivity contribution in [3.05, 3.63) is 35.4 Å². The maximum absolute atomic E-state index is 10.1. The fourth-order valence-corrected chi connectivity index (χ4v) is 1.89. The molecule has 1 unspecified atom stereocenters. The highest BCUT2D eigenvalue weighted by Crippen LogP contribution is 2.30. The molecule has 3 N–H and O–H groups in total. The van der Waals surface area contributed by atoms with Crippen LogP contribution in [-0.4, -0.2) is 11.7 Å². The van der Waals surface area contributed by atoms with E-state index >= 15 is 0 Å². The van der Waals surface area contributed by atoms with Crippen molar-refractivity contribution in [2.24, 2.45) is 5.73 Å². The van der Waals surface area contributed by atoms with E-state index < -0.39 is 5.60 Å². The predicted molar refractivity (Wildman–Crippen MR) is 63.8 cm³/mol. The molecule has 0 amide bonds.